The van der Waals surface area contributed by atoms with Crippen LogP contribution in [0.2, 0.25) is 0 Å². The Kier molecular flexibility index (Phi) is 3.73. The molecule has 0 aliphatic carbocycles. The van der Waals surface area contributed by atoms with Crippen molar-refractivity contribution in [3.05, 3.63) is 67.8 Å². The third-order valence-corrected chi connectivity index (χ3v) is 6.96. The topological polar surface area (TPSA) is 26.3 Å². The summed E-state index contributed by atoms with van der Waals surface area (Å²) in [5.41, 5.74) is 5.34. The van der Waals surface area contributed by atoms with Crippen molar-refractivity contribution in [2.24, 2.45) is 0 Å². The summed E-state index contributed by atoms with van der Waals surface area (Å²) in [5, 5.41) is 0. The Labute approximate surface area is 132 Å². The summed E-state index contributed by atoms with van der Waals surface area (Å²) in [7, 11) is 0. The van der Waals surface area contributed by atoms with E-state index >= 15 is 0 Å². The van der Waals surface area contributed by atoms with E-state index in [1.165, 1.54) is 16.7 Å². The molecular weight excluding hydrogens is 375 g/mol. The molecule has 0 amide bonds. The molecule has 2 nitrogen and oxygen atoms in total. The molecule has 0 saturated heterocycles. The van der Waals surface area contributed by atoms with Crippen molar-refractivity contribution in [3.63, 3.8) is 0 Å². The summed E-state index contributed by atoms with van der Waals surface area (Å²) >= 11 is -2.16. The van der Waals surface area contributed by atoms with Crippen molar-refractivity contribution >= 4 is 26.2 Å². The number of fused-ring (bicyclic) bond motifs is 1. The molecule has 1 aliphatic heterocycles. The number of carbonyl (C=O) groups is 1. The predicted molar refractivity (Wildman–Crippen MR) is 92.1 cm³/mol. The van der Waals surface area contributed by atoms with Crippen LogP contribution in [0.4, 0.5) is 0 Å². The fourth-order valence-electron chi connectivity index (χ4n) is 2.47. The summed E-state index contributed by atoms with van der Waals surface area (Å²) in [5.74, 6) is 3.03. The molecule has 0 radical (unpaired) electrons. The number of halogens is 1. The maximum atomic E-state index is 11.8. The van der Waals surface area contributed by atoms with Crippen molar-refractivity contribution in [2.45, 2.75) is 20.8 Å². The van der Waals surface area contributed by atoms with Gasteiger partial charge in [-0.25, -0.2) is 0 Å². The Morgan fingerprint density at radius 3 is 2.43 bits per heavy atom. The van der Waals surface area contributed by atoms with Crippen LogP contribution in [-0.4, -0.2) is 5.97 Å². The Hall–Kier alpha value is -1.80. The zero-order valence-corrected chi connectivity index (χ0v) is 14.3. The summed E-state index contributed by atoms with van der Waals surface area (Å²) < 4.78 is 9.77. The molecule has 3 heteroatoms. The molecule has 1 heterocycles. The molecule has 0 N–H and O–H groups in total. The molecule has 0 atom stereocenters. The van der Waals surface area contributed by atoms with Gasteiger partial charge in [0, 0.05) is 0 Å². The molecule has 106 valence electrons. The van der Waals surface area contributed by atoms with Crippen LogP contribution in [0.5, 0.6) is 0 Å². The second kappa shape index (κ2) is 5.53. The Morgan fingerprint density at radius 2 is 1.71 bits per heavy atom. The molecule has 0 bridgehead atoms. The van der Waals surface area contributed by atoms with Crippen LogP contribution in [0.1, 0.15) is 32.6 Å². The van der Waals surface area contributed by atoms with Crippen LogP contribution in [0, 0.1) is 34.2 Å². The number of hydrogen-bond acceptors (Lipinski definition) is 2. The van der Waals surface area contributed by atoms with Crippen LogP contribution < -0.4 is 0 Å². The first-order chi connectivity index (χ1) is 10.1. The molecule has 0 aromatic heterocycles. The van der Waals surface area contributed by atoms with Crippen LogP contribution >= 0.6 is 20.2 Å². The SMILES string of the molecule is Cc1cc(C)c(C#CI2OC(=O)c3ccccc32)c(C)c1. The molecule has 2 aromatic rings. The number of hydrogen-bond donors (Lipinski definition) is 0. The van der Waals surface area contributed by atoms with Crippen LogP contribution in [0.3, 0.4) is 0 Å². The van der Waals surface area contributed by atoms with Gasteiger partial charge < -0.3 is 0 Å². The number of benzene rings is 2. The molecule has 21 heavy (non-hydrogen) atoms. The average molecular weight is 390 g/mol. The van der Waals surface area contributed by atoms with E-state index in [4.69, 9.17) is 3.07 Å². The molecule has 0 unspecified atom stereocenters. The van der Waals surface area contributed by atoms with Gasteiger partial charge in [0.2, 0.25) is 0 Å². The predicted octanol–water partition coefficient (Wildman–Crippen LogP) is 4.38. The molecule has 0 saturated carbocycles. The zero-order chi connectivity index (χ0) is 15.0. The number of rotatable bonds is 0. The number of carbonyl (C=O) groups excluding carboxylic acids is 1. The summed E-state index contributed by atoms with van der Waals surface area (Å²) in [6, 6.07) is 11.9. The zero-order valence-electron chi connectivity index (χ0n) is 12.2. The van der Waals surface area contributed by atoms with Crippen molar-refractivity contribution in [2.75, 3.05) is 0 Å². The van der Waals surface area contributed by atoms with Gasteiger partial charge in [0.25, 0.3) is 0 Å². The first-order valence-electron chi connectivity index (χ1n) is 6.67. The maximum absolute atomic E-state index is 11.8. The van der Waals surface area contributed by atoms with E-state index in [1.807, 2.05) is 24.3 Å². The minimum atomic E-state index is -2.16. The van der Waals surface area contributed by atoms with E-state index < -0.39 is 20.2 Å². The van der Waals surface area contributed by atoms with E-state index in [-0.39, 0.29) is 5.97 Å². The Bertz CT molecular complexity index is 773. The van der Waals surface area contributed by atoms with Crippen LogP contribution in [-0.2, 0) is 3.07 Å². The Morgan fingerprint density at radius 1 is 1.05 bits per heavy atom. The summed E-state index contributed by atoms with van der Waals surface area (Å²) in [6.45, 7) is 6.23. The van der Waals surface area contributed by atoms with Crippen molar-refractivity contribution in [3.8, 4) is 9.85 Å². The van der Waals surface area contributed by atoms with Gasteiger partial charge in [0.05, 0.1) is 0 Å². The van der Waals surface area contributed by atoms with Gasteiger partial charge in [0.1, 0.15) is 0 Å². The summed E-state index contributed by atoms with van der Waals surface area (Å²) in [4.78, 5) is 11.8. The van der Waals surface area contributed by atoms with Crippen molar-refractivity contribution < 1.29 is 7.86 Å². The van der Waals surface area contributed by atoms with Gasteiger partial charge in [-0.3, -0.25) is 0 Å². The average Bonchev–Trinajstić information content (AvgIpc) is 2.75. The second-order valence-electron chi connectivity index (χ2n) is 5.09. The fraction of sp³-hybridized carbons (Fsp3) is 0.167. The summed E-state index contributed by atoms with van der Waals surface area (Å²) in [6.07, 6.45) is 0. The van der Waals surface area contributed by atoms with E-state index in [1.54, 1.807) is 0 Å². The van der Waals surface area contributed by atoms with E-state index in [9.17, 15) is 4.79 Å². The van der Waals surface area contributed by atoms with Crippen molar-refractivity contribution in [1.29, 1.82) is 0 Å². The quantitative estimate of drug-likeness (QED) is 0.493. The second-order valence-corrected chi connectivity index (χ2v) is 8.65. The van der Waals surface area contributed by atoms with Gasteiger partial charge in [0.15, 0.2) is 0 Å². The normalized spacial score (nSPS) is 14.2. The molecule has 3 rings (SSSR count). The number of aryl methyl sites for hydroxylation is 3. The first-order valence-corrected chi connectivity index (χ1v) is 9.71. The third kappa shape index (κ3) is 2.68. The minimum absolute atomic E-state index is 0.220. The van der Waals surface area contributed by atoms with Gasteiger partial charge in [-0.15, -0.1) is 0 Å². The monoisotopic (exact) mass is 390 g/mol. The van der Waals surface area contributed by atoms with Gasteiger partial charge >= 0.3 is 132 Å². The van der Waals surface area contributed by atoms with Crippen molar-refractivity contribution in [1.82, 2.24) is 0 Å². The molecule has 1 aliphatic rings. The van der Waals surface area contributed by atoms with Crippen LogP contribution in [0.15, 0.2) is 36.4 Å². The van der Waals surface area contributed by atoms with E-state index in [0.29, 0.717) is 5.56 Å². The van der Waals surface area contributed by atoms with Gasteiger partial charge in [-0.05, 0) is 0 Å². The van der Waals surface area contributed by atoms with E-state index in [2.05, 4.69) is 42.8 Å². The first kappa shape index (κ1) is 14.2. The standard InChI is InChI=1S/C18H15IO2/c1-12-10-13(2)15(14(3)11-12)8-9-19-17-7-5-4-6-16(17)18(20)21-19/h4-7,10-11H,1-3H3. The van der Waals surface area contributed by atoms with Gasteiger partial charge in [-0.2, -0.15) is 0 Å². The molecule has 2 aromatic carbocycles. The van der Waals surface area contributed by atoms with Gasteiger partial charge in [-0.1, -0.05) is 0 Å². The molecular formula is C18H15IO2. The van der Waals surface area contributed by atoms with E-state index in [0.717, 1.165) is 9.13 Å². The fourth-order valence-corrected chi connectivity index (χ4v) is 5.72. The molecule has 0 fully saturated rings. The van der Waals surface area contributed by atoms with Crippen LogP contribution in [0.25, 0.3) is 0 Å². The third-order valence-electron chi connectivity index (χ3n) is 3.36. The Balaban J connectivity index is 1.99. The molecule has 0 spiro atoms.